The zero-order valence-corrected chi connectivity index (χ0v) is 20.4. The molecular formula is C27H24F2N4O3S. The number of halogens is 2. The van der Waals surface area contributed by atoms with Gasteiger partial charge in [0.05, 0.1) is 5.52 Å². The van der Waals surface area contributed by atoms with Crippen molar-refractivity contribution in [3.8, 4) is 0 Å². The second-order valence-electron chi connectivity index (χ2n) is 8.56. The summed E-state index contributed by atoms with van der Waals surface area (Å²) in [6.45, 7) is -1.38. The summed E-state index contributed by atoms with van der Waals surface area (Å²) in [5, 5.41) is 0.692. The van der Waals surface area contributed by atoms with E-state index < -0.39 is 28.2 Å². The van der Waals surface area contributed by atoms with Crippen LogP contribution < -0.4 is 4.72 Å². The first-order valence-electron chi connectivity index (χ1n) is 12.5. The van der Waals surface area contributed by atoms with Gasteiger partial charge in [0.1, 0.15) is 16.5 Å². The molecular weight excluding hydrogens is 498 g/mol. The fraction of sp³-hybridized carbons (Fsp3) is 0.185. The standard InChI is InChI=1S/C27H24F2N4O3S/c28-22-15-19(16-23(29)17-22)18-32-11-13-33(14-12-32)27(34)21-6-8-24(9-7-21)31-37(35,36)25-5-1-3-20-4-2-10-30-26(20)25/h1-10,15-17,31H,11-14,18H2/i18D2. The molecule has 0 aliphatic carbocycles. The van der Waals surface area contributed by atoms with Crippen LogP contribution in [-0.2, 0) is 16.5 Å². The Balaban J connectivity index is 1.24. The first-order chi connectivity index (χ1) is 18.5. The largest absolute Gasteiger partial charge is 0.336 e. The summed E-state index contributed by atoms with van der Waals surface area (Å²) in [4.78, 5) is 20.3. The van der Waals surface area contributed by atoms with Crippen LogP contribution in [0.5, 0.6) is 0 Å². The van der Waals surface area contributed by atoms with Crippen molar-refractivity contribution in [3.05, 3.63) is 102 Å². The summed E-state index contributed by atoms with van der Waals surface area (Å²) in [6, 6.07) is 17.0. The van der Waals surface area contributed by atoms with Crippen molar-refractivity contribution in [2.45, 2.75) is 11.4 Å². The van der Waals surface area contributed by atoms with Crippen LogP contribution in [0.4, 0.5) is 14.5 Å². The second kappa shape index (κ2) is 10.2. The third-order valence-electron chi connectivity index (χ3n) is 5.99. The molecule has 1 saturated heterocycles. The predicted octanol–water partition coefficient (Wildman–Crippen LogP) is 4.27. The number of rotatable bonds is 6. The zero-order valence-electron chi connectivity index (χ0n) is 21.6. The number of aromatic nitrogens is 1. The lowest BCUT2D eigenvalue weighted by atomic mass is 10.1. The van der Waals surface area contributed by atoms with Crippen LogP contribution in [0.1, 0.15) is 18.7 Å². The van der Waals surface area contributed by atoms with Gasteiger partial charge in [-0.05, 0) is 54.1 Å². The van der Waals surface area contributed by atoms with Gasteiger partial charge in [0.2, 0.25) is 0 Å². The molecule has 0 atom stereocenters. The first-order valence-corrected chi connectivity index (χ1v) is 13.0. The lowest BCUT2D eigenvalue weighted by molar-refractivity contribution is 0.0628. The minimum atomic E-state index is -3.94. The zero-order chi connectivity index (χ0) is 27.8. The average Bonchev–Trinajstić information content (AvgIpc) is 2.92. The number of hydrogen-bond donors (Lipinski definition) is 1. The molecule has 7 nitrogen and oxygen atoms in total. The number of hydrogen-bond acceptors (Lipinski definition) is 5. The Labute approximate surface area is 216 Å². The van der Waals surface area contributed by atoms with Crippen LogP contribution in [0.3, 0.4) is 0 Å². The first kappa shape index (κ1) is 22.3. The average molecular weight is 525 g/mol. The number of pyridine rings is 1. The van der Waals surface area contributed by atoms with Crippen LogP contribution in [-0.4, -0.2) is 55.3 Å². The monoisotopic (exact) mass is 524 g/mol. The van der Waals surface area contributed by atoms with E-state index in [1.165, 1.54) is 41.4 Å². The van der Waals surface area contributed by atoms with E-state index >= 15 is 0 Å². The fourth-order valence-electron chi connectivity index (χ4n) is 4.19. The number of amides is 1. The van der Waals surface area contributed by atoms with E-state index in [0.717, 1.165) is 12.1 Å². The van der Waals surface area contributed by atoms with Crippen LogP contribution in [0.15, 0.2) is 83.9 Å². The Kier molecular flexibility index (Phi) is 6.17. The van der Waals surface area contributed by atoms with Gasteiger partial charge < -0.3 is 4.90 Å². The van der Waals surface area contributed by atoms with Crippen molar-refractivity contribution in [3.63, 3.8) is 0 Å². The summed E-state index contributed by atoms with van der Waals surface area (Å²) in [7, 11) is -3.94. The number of benzene rings is 3. The Morgan fingerprint density at radius 2 is 1.62 bits per heavy atom. The molecule has 0 saturated carbocycles. The third-order valence-corrected chi connectivity index (χ3v) is 7.40. The normalized spacial score (nSPS) is 15.8. The number of piperazine rings is 1. The number of sulfonamides is 1. The molecule has 3 aromatic carbocycles. The number of carbonyl (C=O) groups is 1. The Bertz CT molecular complexity index is 1620. The molecule has 1 amide bonds. The second-order valence-corrected chi connectivity index (χ2v) is 10.2. The number of anilines is 1. The van der Waals surface area contributed by atoms with Gasteiger partial charge in [-0.15, -0.1) is 0 Å². The molecule has 37 heavy (non-hydrogen) atoms. The van der Waals surface area contributed by atoms with Crippen LogP contribution in [0.25, 0.3) is 10.9 Å². The maximum Gasteiger partial charge on any atom is 0.264 e. The van der Waals surface area contributed by atoms with Crippen LogP contribution in [0, 0.1) is 11.6 Å². The van der Waals surface area contributed by atoms with Crippen LogP contribution in [0.2, 0.25) is 0 Å². The highest BCUT2D eigenvalue weighted by Gasteiger charge is 2.23. The molecule has 1 fully saturated rings. The quantitative estimate of drug-likeness (QED) is 0.407. The third kappa shape index (κ3) is 5.60. The van der Waals surface area contributed by atoms with Gasteiger partial charge in [-0.1, -0.05) is 18.2 Å². The highest BCUT2D eigenvalue weighted by molar-refractivity contribution is 7.93. The topological polar surface area (TPSA) is 82.6 Å². The van der Waals surface area contributed by atoms with Gasteiger partial charge in [0, 0.05) is 64.3 Å². The van der Waals surface area contributed by atoms with Crippen molar-refractivity contribution in [1.82, 2.24) is 14.8 Å². The van der Waals surface area contributed by atoms with Gasteiger partial charge in [-0.3, -0.25) is 19.4 Å². The van der Waals surface area contributed by atoms with Crippen LogP contribution >= 0.6 is 0 Å². The lowest BCUT2D eigenvalue weighted by Gasteiger charge is -2.34. The van der Waals surface area contributed by atoms with E-state index in [1.807, 2.05) is 0 Å². The molecule has 4 aromatic rings. The summed E-state index contributed by atoms with van der Waals surface area (Å²) in [6.07, 6.45) is 1.52. The van der Waals surface area contributed by atoms with Gasteiger partial charge in [0.15, 0.2) is 0 Å². The molecule has 2 heterocycles. The molecule has 0 radical (unpaired) electrons. The predicted molar refractivity (Wildman–Crippen MR) is 137 cm³/mol. The SMILES string of the molecule is [2H]C([2H])(c1cc(F)cc(F)c1)N1CCN(C(=O)c2ccc(NS(=O)(=O)c3cccc4cccnc34)cc2)CC1. The summed E-state index contributed by atoms with van der Waals surface area (Å²) < 4.78 is 72.6. The smallest absolute Gasteiger partial charge is 0.264 e. The summed E-state index contributed by atoms with van der Waals surface area (Å²) in [5.41, 5.74) is 0.843. The minimum absolute atomic E-state index is 0.0412. The fourth-order valence-corrected chi connectivity index (χ4v) is 5.43. The van der Waals surface area contributed by atoms with Crippen molar-refractivity contribution in [2.75, 3.05) is 30.9 Å². The number of nitrogens with one attached hydrogen (secondary N) is 1. The van der Waals surface area contributed by atoms with Crippen molar-refractivity contribution in [1.29, 1.82) is 0 Å². The van der Waals surface area contributed by atoms with Gasteiger partial charge in [-0.25, -0.2) is 17.2 Å². The van der Waals surface area contributed by atoms with Crippen molar-refractivity contribution in [2.24, 2.45) is 0 Å². The Morgan fingerprint density at radius 1 is 0.946 bits per heavy atom. The maximum atomic E-state index is 13.6. The molecule has 5 rings (SSSR count). The highest BCUT2D eigenvalue weighted by Crippen LogP contribution is 2.24. The number of nitrogens with zero attached hydrogens (tertiary/aromatic N) is 3. The van der Waals surface area contributed by atoms with E-state index in [2.05, 4.69) is 9.71 Å². The Hall–Kier alpha value is -3.89. The summed E-state index contributed by atoms with van der Waals surface area (Å²) >= 11 is 0. The molecule has 1 aliphatic heterocycles. The molecule has 0 unspecified atom stereocenters. The molecule has 10 heteroatoms. The molecule has 190 valence electrons. The maximum absolute atomic E-state index is 13.6. The highest BCUT2D eigenvalue weighted by atomic mass is 32.2. The molecule has 1 N–H and O–H groups in total. The molecule has 0 spiro atoms. The van der Waals surface area contributed by atoms with Crippen molar-refractivity contribution >= 4 is 32.5 Å². The minimum Gasteiger partial charge on any atom is -0.336 e. The Morgan fingerprint density at radius 3 is 2.32 bits per heavy atom. The molecule has 1 aliphatic rings. The van der Waals surface area contributed by atoms with E-state index in [9.17, 15) is 22.0 Å². The van der Waals surface area contributed by atoms with E-state index in [-0.39, 0.29) is 48.2 Å². The lowest BCUT2D eigenvalue weighted by Crippen LogP contribution is -2.48. The van der Waals surface area contributed by atoms with E-state index in [1.54, 1.807) is 29.2 Å². The van der Waals surface area contributed by atoms with Gasteiger partial charge in [0.25, 0.3) is 15.9 Å². The number of carbonyl (C=O) groups excluding carboxylic acids is 1. The van der Waals surface area contributed by atoms with E-state index in [0.29, 0.717) is 22.5 Å². The molecule has 0 bridgehead atoms. The van der Waals surface area contributed by atoms with E-state index in [4.69, 9.17) is 2.74 Å². The molecule has 1 aromatic heterocycles. The van der Waals surface area contributed by atoms with Gasteiger partial charge in [-0.2, -0.15) is 0 Å². The number of fused-ring (bicyclic) bond motifs is 1. The van der Waals surface area contributed by atoms with Crippen molar-refractivity contribution < 1.29 is 24.7 Å². The number of para-hydroxylation sites is 1. The van der Waals surface area contributed by atoms with Gasteiger partial charge >= 0.3 is 0 Å². The summed E-state index contributed by atoms with van der Waals surface area (Å²) in [5.74, 6) is -2.01.